The molecule has 3 aromatic carbocycles. The Bertz CT molecular complexity index is 1350. The van der Waals surface area contributed by atoms with Crippen molar-refractivity contribution in [2.45, 2.75) is 26.4 Å². The molecule has 0 spiro atoms. The number of ketones is 1. The second kappa shape index (κ2) is 14.3. The van der Waals surface area contributed by atoms with Crippen molar-refractivity contribution in [3.63, 3.8) is 0 Å². The van der Waals surface area contributed by atoms with Crippen molar-refractivity contribution >= 4 is 23.1 Å². The van der Waals surface area contributed by atoms with Gasteiger partial charge in [0.1, 0.15) is 18.1 Å². The average molecular weight is 561 g/mol. The number of Topliss-reactive ketones (excluding diaryl/α,β-unsaturated/α-hetero) is 1. The van der Waals surface area contributed by atoms with Crippen molar-refractivity contribution in [2.24, 2.45) is 0 Å². The zero-order valence-electron chi connectivity index (χ0n) is 23.5. The zero-order chi connectivity index (χ0) is 29.2. The summed E-state index contributed by atoms with van der Waals surface area (Å²) in [5.41, 5.74) is 2.41. The molecule has 0 radical (unpaired) electrons. The van der Waals surface area contributed by atoms with Gasteiger partial charge >= 0.3 is 0 Å². The van der Waals surface area contributed by atoms with Gasteiger partial charge in [-0.1, -0.05) is 25.1 Å². The third-order valence-electron chi connectivity index (χ3n) is 7.15. The second-order valence-corrected chi connectivity index (χ2v) is 9.78. The molecular formula is C31H36N4O6. The van der Waals surface area contributed by atoms with Gasteiger partial charge in [-0.15, -0.1) is 0 Å². The van der Waals surface area contributed by atoms with Crippen LogP contribution in [0.4, 0.5) is 11.4 Å². The Hall–Kier alpha value is -4.44. The van der Waals surface area contributed by atoms with Crippen molar-refractivity contribution in [3.8, 4) is 11.5 Å². The molecule has 3 aromatic rings. The summed E-state index contributed by atoms with van der Waals surface area (Å²) in [6.07, 6.45) is 1.05. The van der Waals surface area contributed by atoms with Crippen LogP contribution in [0.5, 0.6) is 11.5 Å². The van der Waals surface area contributed by atoms with Gasteiger partial charge in [0.2, 0.25) is 0 Å². The number of piperazine rings is 1. The molecule has 1 N–H and O–H groups in total. The quantitative estimate of drug-likeness (QED) is 0.138. The van der Waals surface area contributed by atoms with Gasteiger partial charge in [-0.2, -0.15) is 0 Å². The number of nitrogens with zero attached hydrogens (tertiary/aromatic N) is 3. The number of amides is 1. The highest BCUT2D eigenvalue weighted by Crippen LogP contribution is 2.29. The van der Waals surface area contributed by atoms with Crippen LogP contribution in [0.15, 0.2) is 66.7 Å². The lowest BCUT2D eigenvalue weighted by molar-refractivity contribution is -0.384. The Morgan fingerprint density at radius 3 is 2.34 bits per heavy atom. The number of hydrogen-bond donors (Lipinski definition) is 1. The van der Waals surface area contributed by atoms with Gasteiger partial charge in [-0.3, -0.25) is 24.6 Å². The molecule has 10 heteroatoms. The molecule has 1 saturated heterocycles. The first-order valence-electron chi connectivity index (χ1n) is 13.8. The number of nitro benzene ring substituents is 1. The number of methoxy groups -OCH3 is 1. The van der Waals surface area contributed by atoms with Gasteiger partial charge in [-0.05, 0) is 54.9 Å². The molecule has 1 fully saturated rings. The molecule has 1 aliphatic rings. The zero-order valence-corrected chi connectivity index (χ0v) is 23.5. The Balaban J connectivity index is 1.31. The highest BCUT2D eigenvalue weighted by molar-refractivity contribution is 6.04. The first kappa shape index (κ1) is 29.5. The summed E-state index contributed by atoms with van der Waals surface area (Å²) in [5, 5.41) is 13.9. The molecule has 4 rings (SSSR count). The fourth-order valence-electron chi connectivity index (χ4n) is 4.85. The van der Waals surface area contributed by atoms with E-state index in [1.807, 2.05) is 18.2 Å². The largest absolute Gasteiger partial charge is 0.495 e. The number of rotatable bonds is 13. The number of hydrogen-bond acceptors (Lipinski definition) is 8. The van der Waals surface area contributed by atoms with Crippen LogP contribution in [0.25, 0.3) is 0 Å². The maximum atomic E-state index is 13.2. The molecular weight excluding hydrogens is 524 g/mol. The third kappa shape index (κ3) is 7.61. The molecule has 0 bridgehead atoms. The Morgan fingerprint density at radius 2 is 1.66 bits per heavy atom. The van der Waals surface area contributed by atoms with E-state index in [9.17, 15) is 19.7 Å². The third-order valence-corrected chi connectivity index (χ3v) is 7.15. The fraction of sp³-hybridized carbons (Fsp3) is 0.355. The normalized spacial score (nSPS) is 13.5. The van der Waals surface area contributed by atoms with E-state index in [0.29, 0.717) is 17.7 Å². The Kier molecular flexibility index (Phi) is 10.3. The summed E-state index contributed by atoms with van der Waals surface area (Å²) in [4.78, 5) is 41.0. The predicted octanol–water partition coefficient (Wildman–Crippen LogP) is 4.72. The van der Waals surface area contributed by atoms with Gasteiger partial charge in [-0.25, -0.2) is 0 Å². The van der Waals surface area contributed by atoms with Gasteiger partial charge in [0.05, 0.1) is 28.8 Å². The van der Waals surface area contributed by atoms with Crippen molar-refractivity contribution in [2.75, 3.05) is 51.3 Å². The molecule has 0 aliphatic carbocycles. The van der Waals surface area contributed by atoms with E-state index in [-0.39, 0.29) is 41.7 Å². The topological polar surface area (TPSA) is 114 Å². The second-order valence-electron chi connectivity index (χ2n) is 9.78. The number of nitro groups is 1. The monoisotopic (exact) mass is 560 g/mol. The van der Waals surface area contributed by atoms with Crippen molar-refractivity contribution in [3.05, 3.63) is 93.5 Å². The van der Waals surface area contributed by atoms with Crippen LogP contribution in [-0.2, 0) is 6.61 Å². The number of anilines is 1. The molecule has 1 heterocycles. The maximum Gasteiger partial charge on any atom is 0.269 e. The molecule has 0 unspecified atom stereocenters. The highest BCUT2D eigenvalue weighted by atomic mass is 16.6. The summed E-state index contributed by atoms with van der Waals surface area (Å²) in [6, 6.07) is 19.0. The number of carbonyl (C=O) groups excluding carboxylic acids is 2. The SMILES string of the molecule is CCC(=O)c1cccc(C(=O)NCCCN2CCN(c3ccccc3OC)CC2)c1OCc1ccc([N+](=O)[O-])cc1. The van der Waals surface area contributed by atoms with Crippen LogP contribution < -0.4 is 19.7 Å². The minimum absolute atomic E-state index is 0.0197. The molecule has 216 valence electrons. The van der Waals surface area contributed by atoms with E-state index in [1.54, 1.807) is 44.4 Å². The first-order valence-corrected chi connectivity index (χ1v) is 13.8. The summed E-state index contributed by atoms with van der Waals surface area (Å²) < 4.78 is 11.5. The Morgan fingerprint density at radius 1 is 0.951 bits per heavy atom. The van der Waals surface area contributed by atoms with E-state index in [2.05, 4.69) is 21.2 Å². The minimum atomic E-state index is -0.468. The summed E-state index contributed by atoms with van der Waals surface area (Å²) in [7, 11) is 1.69. The standard InChI is InChI=1S/C31H36N4O6/c1-3-28(36)25-8-6-9-26(30(25)41-22-23-12-14-24(15-13-23)35(38)39)31(37)32-16-7-17-33-18-20-34(21-19-33)27-10-4-5-11-29(27)40-2/h4-6,8-15H,3,7,16-22H2,1-2H3,(H,32,37). The molecule has 0 saturated carbocycles. The van der Waals surface area contributed by atoms with Gasteiger partial charge in [0.25, 0.3) is 11.6 Å². The maximum absolute atomic E-state index is 13.2. The van der Waals surface area contributed by atoms with Crippen LogP contribution in [0, 0.1) is 10.1 Å². The van der Waals surface area contributed by atoms with Crippen LogP contribution >= 0.6 is 0 Å². The van der Waals surface area contributed by atoms with E-state index in [1.165, 1.54) is 12.1 Å². The lowest BCUT2D eigenvalue weighted by Crippen LogP contribution is -2.47. The van der Waals surface area contributed by atoms with Crippen LogP contribution in [-0.4, -0.2) is 67.9 Å². The molecule has 1 amide bonds. The first-order chi connectivity index (χ1) is 19.9. The van der Waals surface area contributed by atoms with Crippen molar-refractivity contribution < 1.29 is 24.0 Å². The number of carbonyl (C=O) groups is 2. The fourth-order valence-corrected chi connectivity index (χ4v) is 4.85. The van der Waals surface area contributed by atoms with Crippen LogP contribution in [0.1, 0.15) is 46.0 Å². The highest BCUT2D eigenvalue weighted by Gasteiger charge is 2.21. The number of ether oxygens (including phenoxy) is 2. The molecule has 41 heavy (non-hydrogen) atoms. The average Bonchev–Trinajstić information content (AvgIpc) is 3.01. The van der Waals surface area contributed by atoms with E-state index in [0.717, 1.165) is 50.6 Å². The number of non-ortho nitro benzene ring substituents is 1. The molecule has 0 atom stereocenters. The lowest BCUT2D eigenvalue weighted by Gasteiger charge is -2.36. The van der Waals surface area contributed by atoms with Crippen LogP contribution in [0.3, 0.4) is 0 Å². The summed E-state index contributed by atoms with van der Waals surface area (Å²) in [5.74, 6) is 0.660. The summed E-state index contributed by atoms with van der Waals surface area (Å²) in [6.45, 7) is 6.82. The molecule has 1 aliphatic heterocycles. The number of benzene rings is 3. The van der Waals surface area contributed by atoms with E-state index < -0.39 is 4.92 Å². The lowest BCUT2D eigenvalue weighted by atomic mass is 10.0. The van der Waals surface area contributed by atoms with Gasteiger partial charge in [0.15, 0.2) is 5.78 Å². The van der Waals surface area contributed by atoms with Crippen molar-refractivity contribution in [1.82, 2.24) is 10.2 Å². The predicted molar refractivity (Wildman–Crippen MR) is 157 cm³/mol. The number of para-hydroxylation sites is 3. The van der Waals surface area contributed by atoms with E-state index >= 15 is 0 Å². The smallest absolute Gasteiger partial charge is 0.269 e. The number of nitrogens with one attached hydrogen (secondary N) is 1. The van der Waals surface area contributed by atoms with Crippen molar-refractivity contribution in [1.29, 1.82) is 0 Å². The molecule has 0 aromatic heterocycles. The van der Waals surface area contributed by atoms with Gasteiger partial charge < -0.3 is 19.7 Å². The Labute approximate surface area is 240 Å². The minimum Gasteiger partial charge on any atom is -0.495 e. The summed E-state index contributed by atoms with van der Waals surface area (Å²) >= 11 is 0. The molecule has 10 nitrogen and oxygen atoms in total. The van der Waals surface area contributed by atoms with Crippen LogP contribution in [0.2, 0.25) is 0 Å². The van der Waals surface area contributed by atoms with E-state index in [4.69, 9.17) is 9.47 Å². The van der Waals surface area contributed by atoms with Gasteiger partial charge in [0, 0.05) is 51.3 Å².